The molecule has 1 aliphatic carbocycles. The van der Waals surface area contributed by atoms with Crippen molar-refractivity contribution in [2.45, 2.75) is 50.6 Å². The van der Waals surface area contributed by atoms with Crippen LogP contribution in [0.2, 0.25) is 0 Å². The number of nitrogens with zero attached hydrogens (tertiary/aromatic N) is 2. The average Bonchev–Trinajstić information content (AvgIpc) is 3.49. The second-order valence-corrected chi connectivity index (χ2v) is 8.55. The molecule has 1 aliphatic heterocycles. The van der Waals surface area contributed by atoms with Crippen LogP contribution in [0.5, 0.6) is 0 Å². The van der Waals surface area contributed by atoms with Gasteiger partial charge in [0.05, 0.1) is 5.69 Å². The molecule has 2 aliphatic rings. The molecule has 8 nitrogen and oxygen atoms in total. The zero-order valence-corrected chi connectivity index (χ0v) is 17.3. The predicted octanol–water partition coefficient (Wildman–Crippen LogP) is 3.56. The van der Waals surface area contributed by atoms with Crippen LogP contribution in [0.4, 0.5) is 9.93 Å². The van der Waals surface area contributed by atoms with E-state index in [9.17, 15) is 19.5 Å². The fourth-order valence-corrected chi connectivity index (χ4v) is 4.77. The molecule has 1 aromatic carbocycles. The Labute approximate surface area is 178 Å². The minimum atomic E-state index is -1.08. The molecule has 2 heterocycles. The number of hydrogen-bond donors (Lipinski definition) is 3. The predicted molar refractivity (Wildman–Crippen MR) is 114 cm³/mol. The third-order valence-corrected chi connectivity index (χ3v) is 6.43. The number of thiazole rings is 1. The first kappa shape index (κ1) is 20.3. The topological polar surface area (TPSA) is 112 Å². The first-order valence-electron chi connectivity index (χ1n) is 10.2. The van der Waals surface area contributed by atoms with Crippen LogP contribution in [0.3, 0.4) is 0 Å². The molecule has 1 aromatic heterocycles. The van der Waals surface area contributed by atoms with Gasteiger partial charge in [-0.3, -0.25) is 14.5 Å². The Balaban J connectivity index is 1.38. The van der Waals surface area contributed by atoms with Crippen LogP contribution in [-0.4, -0.2) is 51.5 Å². The summed E-state index contributed by atoms with van der Waals surface area (Å²) in [5.41, 5.74) is 2.15. The zero-order chi connectivity index (χ0) is 21.1. The summed E-state index contributed by atoms with van der Waals surface area (Å²) in [5, 5.41) is 17.2. The number of carbonyl (C=O) groups is 3. The van der Waals surface area contributed by atoms with E-state index in [1.807, 2.05) is 17.5 Å². The van der Waals surface area contributed by atoms with Crippen molar-refractivity contribution in [2.24, 2.45) is 0 Å². The van der Waals surface area contributed by atoms with Crippen LogP contribution in [0.1, 0.15) is 48.9 Å². The molecule has 0 radical (unpaired) electrons. The third-order valence-electron chi connectivity index (χ3n) is 5.67. The molecule has 2 fully saturated rings. The van der Waals surface area contributed by atoms with E-state index < -0.39 is 12.1 Å². The van der Waals surface area contributed by atoms with Crippen molar-refractivity contribution in [3.63, 3.8) is 0 Å². The highest BCUT2D eigenvalue weighted by molar-refractivity contribution is 7.14. The summed E-state index contributed by atoms with van der Waals surface area (Å²) in [6.07, 6.45) is 4.53. The van der Waals surface area contributed by atoms with Crippen molar-refractivity contribution >= 4 is 34.4 Å². The maximum atomic E-state index is 12.4. The lowest BCUT2D eigenvalue weighted by molar-refractivity contribution is -0.119. The van der Waals surface area contributed by atoms with E-state index in [4.69, 9.17) is 0 Å². The van der Waals surface area contributed by atoms with Gasteiger partial charge in [-0.2, -0.15) is 0 Å². The smallest absolute Gasteiger partial charge is 0.407 e. The van der Waals surface area contributed by atoms with Gasteiger partial charge in [0.15, 0.2) is 5.13 Å². The van der Waals surface area contributed by atoms with Crippen molar-refractivity contribution < 1.29 is 19.5 Å². The van der Waals surface area contributed by atoms with E-state index in [0.717, 1.165) is 18.4 Å². The Morgan fingerprint density at radius 1 is 1.07 bits per heavy atom. The summed E-state index contributed by atoms with van der Waals surface area (Å²) in [6, 6.07) is 6.84. The number of nitrogens with one attached hydrogen (secondary N) is 2. The van der Waals surface area contributed by atoms with Crippen LogP contribution in [0, 0.1) is 0 Å². The fraction of sp³-hybridized carbons (Fsp3) is 0.429. The average molecular weight is 429 g/mol. The highest BCUT2D eigenvalue weighted by atomic mass is 32.1. The number of carbonyl (C=O) groups excluding carboxylic acids is 2. The van der Waals surface area contributed by atoms with Gasteiger partial charge in [-0.15, -0.1) is 11.3 Å². The number of rotatable bonds is 5. The van der Waals surface area contributed by atoms with E-state index in [-0.39, 0.29) is 17.9 Å². The van der Waals surface area contributed by atoms with Gasteiger partial charge < -0.3 is 15.7 Å². The van der Waals surface area contributed by atoms with Gasteiger partial charge >= 0.3 is 6.09 Å². The van der Waals surface area contributed by atoms with Gasteiger partial charge in [0.2, 0.25) is 5.91 Å². The highest BCUT2D eigenvalue weighted by Gasteiger charge is 2.34. The SMILES string of the molecule is O=C(NC1CCCC1)c1ccc(-c2csc(NC(=O)C3CCCN3C(=O)O)n2)cc1. The Morgan fingerprint density at radius 2 is 1.80 bits per heavy atom. The first-order valence-corrected chi connectivity index (χ1v) is 11.1. The van der Waals surface area contributed by atoms with E-state index >= 15 is 0 Å². The number of amides is 3. The lowest BCUT2D eigenvalue weighted by atomic mass is 10.1. The number of benzene rings is 1. The largest absolute Gasteiger partial charge is 0.465 e. The highest BCUT2D eigenvalue weighted by Crippen LogP contribution is 2.27. The van der Waals surface area contributed by atoms with E-state index in [1.165, 1.54) is 29.1 Å². The summed E-state index contributed by atoms with van der Waals surface area (Å²) in [5.74, 6) is -0.408. The van der Waals surface area contributed by atoms with Crippen molar-refractivity contribution in [1.29, 1.82) is 0 Å². The molecular formula is C21H24N4O4S. The van der Waals surface area contributed by atoms with Crippen LogP contribution < -0.4 is 10.6 Å². The molecule has 1 saturated heterocycles. The molecule has 4 rings (SSSR count). The maximum absolute atomic E-state index is 12.4. The molecule has 1 saturated carbocycles. The number of aromatic nitrogens is 1. The Bertz CT molecular complexity index is 937. The molecule has 1 atom stereocenters. The normalized spacial score (nSPS) is 19.1. The number of hydrogen-bond acceptors (Lipinski definition) is 5. The van der Waals surface area contributed by atoms with Crippen molar-refractivity contribution in [2.75, 3.05) is 11.9 Å². The first-order chi connectivity index (χ1) is 14.5. The van der Waals surface area contributed by atoms with Crippen molar-refractivity contribution in [3.05, 3.63) is 35.2 Å². The lowest BCUT2D eigenvalue weighted by Crippen LogP contribution is -2.42. The standard InChI is InChI=1S/C21H24N4O4S/c26-18(22-15-4-1-2-5-15)14-9-7-13(8-10-14)16-12-30-20(23-16)24-19(27)17-6-3-11-25(17)21(28)29/h7-10,12,15,17H,1-6,11H2,(H,22,26)(H,28,29)(H,23,24,27). The Morgan fingerprint density at radius 3 is 2.50 bits per heavy atom. The van der Waals surface area contributed by atoms with Crippen LogP contribution in [0.15, 0.2) is 29.6 Å². The molecule has 9 heteroatoms. The van der Waals surface area contributed by atoms with Crippen molar-refractivity contribution in [1.82, 2.24) is 15.2 Å². The fourth-order valence-electron chi connectivity index (χ4n) is 4.05. The van der Waals surface area contributed by atoms with Gasteiger partial charge in [0.1, 0.15) is 6.04 Å². The Kier molecular flexibility index (Phi) is 5.98. The number of carboxylic acid groups (broad SMARTS) is 1. The third kappa shape index (κ3) is 4.46. The summed E-state index contributed by atoms with van der Waals surface area (Å²) in [7, 11) is 0. The summed E-state index contributed by atoms with van der Waals surface area (Å²) in [4.78, 5) is 41.6. The summed E-state index contributed by atoms with van der Waals surface area (Å²) < 4.78 is 0. The quantitative estimate of drug-likeness (QED) is 0.674. The molecule has 3 amide bonds. The van der Waals surface area contributed by atoms with Crippen LogP contribution in [-0.2, 0) is 4.79 Å². The molecule has 3 N–H and O–H groups in total. The monoisotopic (exact) mass is 428 g/mol. The van der Waals surface area contributed by atoms with Gasteiger partial charge in [0, 0.05) is 29.1 Å². The molecule has 1 unspecified atom stereocenters. The molecular weight excluding hydrogens is 404 g/mol. The molecule has 30 heavy (non-hydrogen) atoms. The number of likely N-dealkylation sites (tertiary alicyclic amines) is 1. The lowest BCUT2D eigenvalue weighted by Gasteiger charge is -2.19. The zero-order valence-electron chi connectivity index (χ0n) is 16.5. The summed E-state index contributed by atoms with van der Waals surface area (Å²) >= 11 is 1.28. The molecule has 0 bridgehead atoms. The van der Waals surface area contributed by atoms with Gasteiger partial charge in [-0.25, -0.2) is 9.78 Å². The molecule has 0 spiro atoms. The van der Waals surface area contributed by atoms with E-state index in [1.54, 1.807) is 12.1 Å². The van der Waals surface area contributed by atoms with E-state index in [0.29, 0.717) is 35.8 Å². The Hall–Kier alpha value is -2.94. The second-order valence-electron chi connectivity index (χ2n) is 7.69. The van der Waals surface area contributed by atoms with E-state index in [2.05, 4.69) is 15.6 Å². The van der Waals surface area contributed by atoms with Crippen LogP contribution in [0.25, 0.3) is 11.3 Å². The molecule has 158 valence electrons. The van der Waals surface area contributed by atoms with Gasteiger partial charge in [0.25, 0.3) is 5.91 Å². The minimum Gasteiger partial charge on any atom is -0.465 e. The second kappa shape index (κ2) is 8.83. The summed E-state index contributed by atoms with van der Waals surface area (Å²) in [6.45, 7) is 0.372. The number of anilines is 1. The van der Waals surface area contributed by atoms with Crippen LogP contribution >= 0.6 is 11.3 Å². The minimum absolute atomic E-state index is 0.0563. The van der Waals surface area contributed by atoms with Crippen molar-refractivity contribution in [3.8, 4) is 11.3 Å². The van der Waals surface area contributed by atoms with Gasteiger partial charge in [-0.05, 0) is 37.8 Å². The maximum Gasteiger partial charge on any atom is 0.407 e. The molecule has 2 aromatic rings. The van der Waals surface area contributed by atoms with Gasteiger partial charge in [-0.1, -0.05) is 25.0 Å².